The molecule has 8 heteroatoms. The van der Waals surface area contributed by atoms with Crippen LogP contribution in [0.2, 0.25) is 0 Å². The highest BCUT2D eigenvalue weighted by Gasteiger charge is 2.73. The van der Waals surface area contributed by atoms with Gasteiger partial charge in [0.2, 0.25) is 0 Å². The van der Waals surface area contributed by atoms with Crippen LogP contribution in [0.3, 0.4) is 0 Å². The number of hydrogen-bond donors (Lipinski definition) is 0. The van der Waals surface area contributed by atoms with Crippen LogP contribution in [0.25, 0.3) is 0 Å². The van der Waals surface area contributed by atoms with Gasteiger partial charge in [0.25, 0.3) is 0 Å². The van der Waals surface area contributed by atoms with E-state index >= 15 is 0 Å². The van der Waals surface area contributed by atoms with Crippen LogP contribution in [-0.4, -0.2) is 18.7 Å². The zero-order chi connectivity index (χ0) is 16.3. The summed E-state index contributed by atoms with van der Waals surface area (Å²) in [6, 6.07) is 2.87. The van der Waals surface area contributed by atoms with E-state index in [1.54, 1.807) is 0 Å². The predicted octanol–water partition coefficient (Wildman–Crippen LogP) is 5.15. The van der Waals surface area contributed by atoms with Gasteiger partial charge in [-0.2, -0.15) is 30.7 Å². The van der Waals surface area contributed by atoms with Crippen LogP contribution >= 0.6 is 0 Å². The van der Waals surface area contributed by atoms with Gasteiger partial charge in [0.1, 0.15) is 5.75 Å². The largest absolute Gasteiger partial charge is 0.494 e. The summed E-state index contributed by atoms with van der Waals surface area (Å²) < 4.78 is 93.6. The fourth-order valence-electron chi connectivity index (χ4n) is 1.45. The lowest BCUT2D eigenvalue weighted by molar-refractivity contribution is -0.359. The van der Waals surface area contributed by atoms with E-state index in [1.165, 1.54) is 0 Å². The maximum absolute atomic E-state index is 13.4. The van der Waals surface area contributed by atoms with Gasteiger partial charge in [0.15, 0.2) is 0 Å². The van der Waals surface area contributed by atoms with E-state index in [2.05, 4.69) is 0 Å². The Balaban J connectivity index is 2.94. The predicted molar refractivity (Wildman–Crippen MR) is 61.7 cm³/mol. The zero-order valence-corrected chi connectivity index (χ0v) is 11.0. The molecule has 120 valence electrons. The molecule has 0 saturated heterocycles. The normalized spacial score (nSPS) is 13.3. The minimum Gasteiger partial charge on any atom is -0.494 e. The zero-order valence-electron chi connectivity index (χ0n) is 11.0. The molecule has 0 amide bonds. The van der Waals surface area contributed by atoms with E-state index in [1.807, 2.05) is 6.92 Å². The highest BCUT2D eigenvalue weighted by atomic mass is 19.4. The van der Waals surface area contributed by atoms with Crippen molar-refractivity contribution in [3.63, 3.8) is 0 Å². The molecule has 0 atom stereocenters. The monoisotopic (exact) mass is 318 g/mol. The number of benzene rings is 1. The van der Waals surface area contributed by atoms with Crippen molar-refractivity contribution in [3.05, 3.63) is 29.8 Å². The molecule has 0 aliphatic rings. The quantitative estimate of drug-likeness (QED) is 0.520. The first-order valence-electron chi connectivity index (χ1n) is 6.09. The minimum atomic E-state index is -6.34. The van der Waals surface area contributed by atoms with Gasteiger partial charge in [-0.1, -0.05) is 13.3 Å². The second kappa shape index (κ2) is 6.11. The lowest BCUT2D eigenvalue weighted by atomic mass is 10.0. The molecule has 0 spiro atoms. The summed E-state index contributed by atoms with van der Waals surface area (Å²) >= 11 is 0. The molecule has 1 rings (SSSR count). The summed E-state index contributed by atoms with van der Waals surface area (Å²) in [5.41, 5.74) is -1.42. The number of ether oxygens (including phenoxy) is 1. The molecule has 0 aromatic heterocycles. The van der Waals surface area contributed by atoms with E-state index in [0.29, 0.717) is 25.2 Å². The number of hydrogen-bond acceptors (Lipinski definition) is 1. The van der Waals surface area contributed by atoms with Crippen molar-refractivity contribution in [2.75, 3.05) is 6.61 Å². The summed E-state index contributed by atoms with van der Waals surface area (Å²) in [6.45, 7) is 2.19. The Morgan fingerprint density at radius 2 is 1.43 bits per heavy atom. The Kier molecular flexibility index (Phi) is 5.11. The minimum absolute atomic E-state index is 0.123. The lowest BCUT2D eigenvalue weighted by Gasteiger charge is -2.28. The molecule has 21 heavy (non-hydrogen) atoms. The van der Waals surface area contributed by atoms with Crippen molar-refractivity contribution in [3.8, 4) is 5.75 Å². The molecule has 1 nitrogen and oxygen atoms in total. The molecule has 0 N–H and O–H groups in total. The Hall–Kier alpha value is -1.47. The van der Waals surface area contributed by atoms with Crippen molar-refractivity contribution in [2.45, 2.75) is 37.8 Å². The average Bonchev–Trinajstić information content (AvgIpc) is 2.38. The van der Waals surface area contributed by atoms with E-state index < -0.39 is 23.6 Å². The summed E-state index contributed by atoms with van der Waals surface area (Å²) in [5.74, 6) is -11.4. The standard InChI is InChI=1S/C13H13F7O/c1-2-3-8-21-10-6-4-9(5-7-10)11(14,15)12(16,17)13(18,19)20/h4-7H,2-3,8H2,1H3. The van der Waals surface area contributed by atoms with Gasteiger partial charge < -0.3 is 4.74 Å². The molecule has 0 saturated carbocycles. The molecule has 1 aromatic rings. The second-order valence-corrected chi connectivity index (χ2v) is 4.37. The first-order chi connectivity index (χ1) is 9.54. The molecule has 0 aliphatic heterocycles. The number of halogens is 7. The third kappa shape index (κ3) is 3.59. The SMILES string of the molecule is CCCCOc1ccc(C(F)(F)C(F)(F)C(F)(F)F)cc1. The average molecular weight is 318 g/mol. The molecule has 0 heterocycles. The van der Waals surface area contributed by atoms with Crippen LogP contribution in [0.5, 0.6) is 5.75 Å². The van der Waals surface area contributed by atoms with E-state index in [4.69, 9.17) is 4.74 Å². The summed E-state index contributed by atoms with van der Waals surface area (Å²) in [5, 5.41) is 0. The Bertz CT molecular complexity index is 451. The summed E-state index contributed by atoms with van der Waals surface area (Å²) in [6.07, 6.45) is -4.81. The first kappa shape index (κ1) is 17.6. The van der Waals surface area contributed by atoms with Gasteiger partial charge >= 0.3 is 18.0 Å². The lowest BCUT2D eigenvalue weighted by Crippen LogP contribution is -2.49. The Morgan fingerprint density at radius 1 is 0.905 bits per heavy atom. The van der Waals surface area contributed by atoms with E-state index in [0.717, 1.165) is 18.6 Å². The Morgan fingerprint density at radius 3 is 1.86 bits per heavy atom. The Labute approximate surface area is 116 Å². The molecule has 0 unspecified atom stereocenters. The molecule has 1 aromatic carbocycles. The van der Waals surface area contributed by atoms with Gasteiger partial charge in [-0.15, -0.1) is 0 Å². The maximum Gasteiger partial charge on any atom is 0.460 e. The van der Waals surface area contributed by atoms with Gasteiger partial charge in [0, 0.05) is 5.56 Å². The van der Waals surface area contributed by atoms with Crippen molar-refractivity contribution in [2.24, 2.45) is 0 Å². The van der Waals surface area contributed by atoms with Crippen molar-refractivity contribution >= 4 is 0 Å². The number of unbranched alkanes of at least 4 members (excludes halogenated alkanes) is 1. The van der Waals surface area contributed by atoms with Crippen LogP contribution in [0.15, 0.2) is 24.3 Å². The van der Waals surface area contributed by atoms with Crippen LogP contribution < -0.4 is 4.74 Å². The van der Waals surface area contributed by atoms with Gasteiger partial charge in [-0.3, -0.25) is 0 Å². The second-order valence-electron chi connectivity index (χ2n) is 4.37. The van der Waals surface area contributed by atoms with Crippen LogP contribution in [0.4, 0.5) is 30.7 Å². The number of rotatable bonds is 6. The van der Waals surface area contributed by atoms with Gasteiger partial charge in [-0.25, -0.2) is 0 Å². The third-order valence-electron chi connectivity index (χ3n) is 2.73. The highest BCUT2D eigenvalue weighted by molar-refractivity contribution is 5.31. The number of alkyl halides is 7. The van der Waals surface area contributed by atoms with E-state index in [-0.39, 0.29) is 5.75 Å². The van der Waals surface area contributed by atoms with Crippen molar-refractivity contribution in [1.29, 1.82) is 0 Å². The van der Waals surface area contributed by atoms with Crippen LogP contribution in [0, 0.1) is 0 Å². The summed E-state index contributed by atoms with van der Waals surface area (Å²) in [7, 11) is 0. The van der Waals surface area contributed by atoms with Crippen molar-refractivity contribution in [1.82, 2.24) is 0 Å². The molecule has 0 aliphatic carbocycles. The molecule has 0 fully saturated rings. The molecular formula is C13H13F7O. The van der Waals surface area contributed by atoms with Crippen LogP contribution in [0.1, 0.15) is 25.3 Å². The molecule has 0 radical (unpaired) electrons. The van der Waals surface area contributed by atoms with E-state index in [9.17, 15) is 30.7 Å². The van der Waals surface area contributed by atoms with Gasteiger partial charge in [-0.05, 0) is 30.7 Å². The molecular weight excluding hydrogens is 305 g/mol. The summed E-state index contributed by atoms with van der Waals surface area (Å²) in [4.78, 5) is 0. The fourth-order valence-corrected chi connectivity index (χ4v) is 1.45. The first-order valence-corrected chi connectivity index (χ1v) is 6.09. The smallest absolute Gasteiger partial charge is 0.460 e. The van der Waals surface area contributed by atoms with Crippen LogP contribution in [-0.2, 0) is 5.92 Å². The molecule has 0 bridgehead atoms. The maximum atomic E-state index is 13.4. The van der Waals surface area contributed by atoms with Gasteiger partial charge in [0.05, 0.1) is 6.61 Å². The highest BCUT2D eigenvalue weighted by Crippen LogP contribution is 2.51. The fraction of sp³-hybridized carbons (Fsp3) is 0.538. The van der Waals surface area contributed by atoms with Crippen molar-refractivity contribution < 1.29 is 35.5 Å². The topological polar surface area (TPSA) is 9.23 Å². The third-order valence-corrected chi connectivity index (χ3v) is 2.73.